The third-order valence-corrected chi connectivity index (χ3v) is 5.57. The van der Waals surface area contributed by atoms with E-state index in [1.807, 2.05) is 12.1 Å². The molecule has 0 spiro atoms. The molecule has 0 unspecified atom stereocenters. The maximum absolute atomic E-state index is 11.7. The molecule has 0 N–H and O–H groups in total. The highest BCUT2D eigenvalue weighted by Gasteiger charge is 2.02. The minimum Gasteiger partial charge on any atom is -0.494 e. The molecule has 1 aromatic rings. The predicted molar refractivity (Wildman–Crippen MR) is 135 cm³/mol. The van der Waals surface area contributed by atoms with Crippen molar-refractivity contribution in [3.8, 4) is 5.75 Å². The molecule has 0 aliphatic heterocycles. The standard InChI is InChI=1S/C28H48O5/c1-3-4-5-13-20-30-22-23-31-24-25-33-28(29)15-12-10-8-6-7-9-11-14-21-32-27-18-16-26(2)17-19-27/h16-19H,3-15,20-25H2,1-2H3. The van der Waals surface area contributed by atoms with E-state index in [1.54, 1.807) is 0 Å². The SMILES string of the molecule is CCCCCCOCCOCCOC(=O)CCCCCCCCCCOc1ccc(C)cc1. The predicted octanol–water partition coefficient (Wildman–Crippen LogP) is 7.04. The van der Waals surface area contributed by atoms with E-state index in [1.165, 1.54) is 56.9 Å². The molecule has 5 heteroatoms. The maximum atomic E-state index is 11.7. The van der Waals surface area contributed by atoms with Gasteiger partial charge in [-0.3, -0.25) is 4.79 Å². The van der Waals surface area contributed by atoms with Crippen LogP contribution in [0.4, 0.5) is 0 Å². The molecular weight excluding hydrogens is 416 g/mol. The Morgan fingerprint density at radius 2 is 1.18 bits per heavy atom. The molecule has 33 heavy (non-hydrogen) atoms. The third-order valence-electron chi connectivity index (χ3n) is 5.57. The first-order chi connectivity index (χ1) is 16.2. The molecular formula is C28H48O5. The summed E-state index contributed by atoms with van der Waals surface area (Å²) in [6.45, 7) is 7.85. The summed E-state index contributed by atoms with van der Waals surface area (Å²) in [5.74, 6) is 0.851. The Hall–Kier alpha value is -1.59. The summed E-state index contributed by atoms with van der Waals surface area (Å²) in [4.78, 5) is 11.7. The van der Waals surface area contributed by atoms with Gasteiger partial charge in [0, 0.05) is 13.0 Å². The fourth-order valence-electron chi connectivity index (χ4n) is 3.50. The summed E-state index contributed by atoms with van der Waals surface area (Å²) in [6.07, 6.45) is 14.7. The van der Waals surface area contributed by atoms with E-state index < -0.39 is 0 Å². The molecule has 0 bridgehead atoms. The van der Waals surface area contributed by atoms with Crippen LogP contribution in [0.5, 0.6) is 5.75 Å². The fraction of sp³-hybridized carbons (Fsp3) is 0.750. The number of hydrogen-bond donors (Lipinski definition) is 0. The molecule has 0 aromatic heterocycles. The third kappa shape index (κ3) is 19.6. The van der Waals surface area contributed by atoms with Crippen LogP contribution < -0.4 is 4.74 Å². The van der Waals surface area contributed by atoms with Gasteiger partial charge in [0.1, 0.15) is 12.4 Å². The number of hydrogen-bond acceptors (Lipinski definition) is 5. The van der Waals surface area contributed by atoms with Gasteiger partial charge < -0.3 is 18.9 Å². The molecule has 1 rings (SSSR count). The molecule has 0 radical (unpaired) electrons. The molecule has 0 heterocycles. The summed E-state index contributed by atoms with van der Waals surface area (Å²) in [5.41, 5.74) is 1.26. The number of aryl methyl sites for hydroxylation is 1. The lowest BCUT2D eigenvalue weighted by molar-refractivity contribution is -0.145. The van der Waals surface area contributed by atoms with E-state index in [0.717, 1.165) is 44.6 Å². The number of ether oxygens (including phenoxy) is 4. The monoisotopic (exact) mass is 464 g/mol. The van der Waals surface area contributed by atoms with Crippen LogP contribution in [-0.4, -0.2) is 45.6 Å². The van der Waals surface area contributed by atoms with Crippen LogP contribution in [0.2, 0.25) is 0 Å². The smallest absolute Gasteiger partial charge is 0.305 e. The zero-order chi connectivity index (χ0) is 23.8. The van der Waals surface area contributed by atoms with Crippen molar-refractivity contribution in [1.82, 2.24) is 0 Å². The second kappa shape index (κ2) is 22.2. The first-order valence-corrected chi connectivity index (χ1v) is 13.2. The second-order valence-electron chi connectivity index (χ2n) is 8.75. The van der Waals surface area contributed by atoms with E-state index in [4.69, 9.17) is 18.9 Å². The molecule has 1 aromatic carbocycles. The summed E-state index contributed by atoms with van der Waals surface area (Å²) in [5, 5.41) is 0. The van der Waals surface area contributed by atoms with Crippen LogP contribution in [0.1, 0.15) is 96.0 Å². The van der Waals surface area contributed by atoms with E-state index >= 15 is 0 Å². The van der Waals surface area contributed by atoms with Crippen molar-refractivity contribution >= 4 is 5.97 Å². The topological polar surface area (TPSA) is 54.0 Å². The number of benzene rings is 1. The first kappa shape index (κ1) is 29.4. The van der Waals surface area contributed by atoms with E-state index in [0.29, 0.717) is 32.8 Å². The number of carbonyl (C=O) groups excluding carboxylic acids is 1. The summed E-state index contributed by atoms with van der Waals surface area (Å²) >= 11 is 0. The number of rotatable bonds is 23. The van der Waals surface area contributed by atoms with Crippen molar-refractivity contribution < 1.29 is 23.7 Å². The van der Waals surface area contributed by atoms with Crippen molar-refractivity contribution in [2.45, 2.75) is 97.3 Å². The van der Waals surface area contributed by atoms with E-state index in [2.05, 4.69) is 26.0 Å². The Morgan fingerprint density at radius 3 is 1.88 bits per heavy atom. The quantitative estimate of drug-likeness (QED) is 0.128. The van der Waals surface area contributed by atoms with Gasteiger partial charge in [-0.05, 0) is 38.3 Å². The van der Waals surface area contributed by atoms with Crippen molar-refractivity contribution in [3.63, 3.8) is 0 Å². The van der Waals surface area contributed by atoms with Crippen LogP contribution in [-0.2, 0) is 19.0 Å². The Labute approximate surface area is 202 Å². The second-order valence-corrected chi connectivity index (χ2v) is 8.75. The molecule has 0 aliphatic rings. The van der Waals surface area contributed by atoms with Crippen LogP contribution in [0, 0.1) is 6.92 Å². The number of carbonyl (C=O) groups is 1. The minimum absolute atomic E-state index is 0.112. The highest BCUT2D eigenvalue weighted by atomic mass is 16.6. The Morgan fingerprint density at radius 1 is 0.636 bits per heavy atom. The summed E-state index contributed by atoms with van der Waals surface area (Å²) < 4.78 is 21.9. The Kier molecular flexibility index (Phi) is 19.8. The lowest BCUT2D eigenvalue weighted by Gasteiger charge is -2.07. The van der Waals surface area contributed by atoms with Crippen LogP contribution in [0.15, 0.2) is 24.3 Å². The first-order valence-electron chi connectivity index (χ1n) is 13.2. The zero-order valence-corrected chi connectivity index (χ0v) is 21.3. The Bertz CT molecular complexity index is 558. The van der Waals surface area contributed by atoms with E-state index in [9.17, 15) is 4.79 Å². The molecule has 0 aliphatic carbocycles. The molecule has 0 saturated heterocycles. The van der Waals surface area contributed by atoms with Crippen LogP contribution in [0.3, 0.4) is 0 Å². The van der Waals surface area contributed by atoms with Crippen LogP contribution >= 0.6 is 0 Å². The highest BCUT2D eigenvalue weighted by molar-refractivity contribution is 5.69. The van der Waals surface area contributed by atoms with Gasteiger partial charge >= 0.3 is 5.97 Å². The van der Waals surface area contributed by atoms with Crippen molar-refractivity contribution in [3.05, 3.63) is 29.8 Å². The molecule has 5 nitrogen and oxygen atoms in total. The van der Waals surface area contributed by atoms with Gasteiger partial charge in [-0.1, -0.05) is 82.4 Å². The van der Waals surface area contributed by atoms with Gasteiger partial charge in [-0.2, -0.15) is 0 Å². The Balaban J connectivity index is 1.75. The molecule has 0 saturated carbocycles. The van der Waals surface area contributed by atoms with Gasteiger partial charge in [0.2, 0.25) is 0 Å². The lowest BCUT2D eigenvalue weighted by Crippen LogP contribution is -2.13. The average Bonchev–Trinajstić information content (AvgIpc) is 2.82. The number of esters is 1. The molecule has 0 fully saturated rings. The fourth-order valence-corrected chi connectivity index (χ4v) is 3.50. The van der Waals surface area contributed by atoms with Gasteiger partial charge in [0.05, 0.1) is 26.4 Å². The molecule has 0 amide bonds. The average molecular weight is 465 g/mol. The zero-order valence-electron chi connectivity index (χ0n) is 21.3. The normalized spacial score (nSPS) is 11.0. The van der Waals surface area contributed by atoms with Gasteiger partial charge in [-0.25, -0.2) is 0 Å². The molecule has 0 atom stereocenters. The van der Waals surface area contributed by atoms with Crippen LogP contribution in [0.25, 0.3) is 0 Å². The number of unbranched alkanes of at least 4 members (excludes halogenated alkanes) is 10. The maximum Gasteiger partial charge on any atom is 0.305 e. The molecule has 190 valence electrons. The van der Waals surface area contributed by atoms with Gasteiger partial charge in [-0.15, -0.1) is 0 Å². The minimum atomic E-state index is -0.112. The largest absolute Gasteiger partial charge is 0.494 e. The van der Waals surface area contributed by atoms with Gasteiger partial charge in [0.15, 0.2) is 0 Å². The summed E-state index contributed by atoms with van der Waals surface area (Å²) in [7, 11) is 0. The van der Waals surface area contributed by atoms with Crippen molar-refractivity contribution in [2.24, 2.45) is 0 Å². The van der Waals surface area contributed by atoms with Gasteiger partial charge in [0.25, 0.3) is 0 Å². The van der Waals surface area contributed by atoms with E-state index in [-0.39, 0.29) is 5.97 Å². The lowest BCUT2D eigenvalue weighted by atomic mass is 10.1. The highest BCUT2D eigenvalue weighted by Crippen LogP contribution is 2.13. The summed E-state index contributed by atoms with van der Waals surface area (Å²) in [6, 6.07) is 8.23. The van der Waals surface area contributed by atoms with Crippen molar-refractivity contribution in [1.29, 1.82) is 0 Å². The van der Waals surface area contributed by atoms with Crippen molar-refractivity contribution in [2.75, 3.05) is 39.6 Å².